The quantitative estimate of drug-likeness (QED) is 0.321. The maximum Gasteiger partial charge on any atom is 0.573 e. The molecule has 1 aliphatic rings. The van der Waals surface area contributed by atoms with Gasteiger partial charge in [-0.15, -0.1) is 19.7 Å². The molecule has 1 amide bonds. The number of aromatic nitrogens is 4. The number of sulfonamides is 1. The fourth-order valence-electron chi connectivity index (χ4n) is 4.05. The molecule has 0 saturated carbocycles. The van der Waals surface area contributed by atoms with Gasteiger partial charge in [0.2, 0.25) is 21.9 Å². The number of tetrazole rings is 1. The number of nitrogen functional groups attached to an aromatic ring is 1. The van der Waals surface area contributed by atoms with Crippen molar-refractivity contribution in [3.63, 3.8) is 0 Å². The fourth-order valence-corrected chi connectivity index (χ4v) is 5.62. The van der Waals surface area contributed by atoms with Crippen molar-refractivity contribution in [3.8, 4) is 5.75 Å². The summed E-state index contributed by atoms with van der Waals surface area (Å²) < 4.78 is 94.2. The number of carbonyl (C=O) groups is 2. The summed E-state index contributed by atoms with van der Waals surface area (Å²) in [4.78, 5) is 24.9. The molecule has 1 saturated heterocycles. The molecular formula is C25H28F5N8O6S-. The van der Waals surface area contributed by atoms with Gasteiger partial charge < -0.3 is 26.2 Å². The zero-order chi connectivity index (χ0) is 33.6. The molecule has 1 aliphatic heterocycles. The van der Waals surface area contributed by atoms with Crippen molar-refractivity contribution in [2.45, 2.75) is 49.7 Å². The number of anilines is 1. The molecule has 0 aliphatic carbocycles. The lowest BCUT2D eigenvalue weighted by atomic mass is 10.0. The second kappa shape index (κ2) is 14.1. The Morgan fingerprint density at radius 1 is 1.07 bits per heavy atom. The summed E-state index contributed by atoms with van der Waals surface area (Å²) in [6.45, 7) is 0.246. The summed E-state index contributed by atoms with van der Waals surface area (Å²) in [5.74, 6) is -5.59. The highest BCUT2D eigenvalue weighted by Gasteiger charge is 2.41. The third-order valence-corrected chi connectivity index (χ3v) is 8.42. The third-order valence-electron chi connectivity index (χ3n) is 6.50. The van der Waals surface area contributed by atoms with Crippen LogP contribution in [0, 0.1) is 0 Å². The molecule has 1 fully saturated rings. The van der Waals surface area contributed by atoms with Crippen LogP contribution in [0.15, 0.2) is 53.4 Å². The Balaban J connectivity index is 0.000000355. The molecule has 3 aromatic rings. The Hall–Kier alpha value is -4.43. The van der Waals surface area contributed by atoms with E-state index in [2.05, 4.69) is 20.3 Å². The number of halogens is 5. The van der Waals surface area contributed by atoms with Gasteiger partial charge in [0.1, 0.15) is 18.3 Å². The number of hydrogen-bond acceptors (Lipinski definition) is 9. The minimum atomic E-state index is -4.95. The van der Waals surface area contributed by atoms with Crippen molar-refractivity contribution in [3.05, 3.63) is 65.4 Å². The van der Waals surface area contributed by atoms with Crippen molar-refractivity contribution < 1.29 is 49.8 Å². The monoisotopic (exact) mass is 663 g/mol. The Bertz CT molecular complexity index is 1570. The fraction of sp³-hybridized carbons (Fsp3) is 0.400. The smallest absolute Gasteiger partial charge is 0.573 e. The van der Waals surface area contributed by atoms with Crippen LogP contribution in [-0.2, 0) is 38.6 Å². The first kappa shape index (κ1) is 35.1. The predicted molar refractivity (Wildman–Crippen MR) is 146 cm³/mol. The lowest BCUT2D eigenvalue weighted by molar-refractivity contribution is -0.274. The summed E-state index contributed by atoms with van der Waals surface area (Å²) in [5.41, 5.74) is 13.3. The summed E-state index contributed by atoms with van der Waals surface area (Å²) in [7, 11) is -4.40. The Kier molecular flexibility index (Phi) is 11.0. The number of rotatable bonds is 9. The van der Waals surface area contributed by atoms with Crippen LogP contribution in [0.3, 0.4) is 0 Å². The van der Waals surface area contributed by atoms with Gasteiger partial charge in [-0.05, 0) is 34.7 Å². The number of amides is 1. The lowest BCUT2D eigenvalue weighted by Gasteiger charge is -2.38. The van der Waals surface area contributed by atoms with Gasteiger partial charge in [0.05, 0.1) is 4.90 Å². The van der Waals surface area contributed by atoms with Crippen LogP contribution in [0.4, 0.5) is 27.9 Å². The summed E-state index contributed by atoms with van der Waals surface area (Å²) >= 11 is 0. The van der Waals surface area contributed by atoms with E-state index >= 15 is 0 Å². The van der Waals surface area contributed by atoms with Crippen molar-refractivity contribution in [1.29, 1.82) is 0 Å². The maximum absolute atomic E-state index is 13.1. The molecule has 1 aromatic heterocycles. The van der Waals surface area contributed by atoms with Crippen LogP contribution in [0.1, 0.15) is 24.5 Å². The van der Waals surface area contributed by atoms with E-state index in [-0.39, 0.29) is 44.1 Å². The molecule has 0 bridgehead atoms. The number of benzene rings is 2. The highest BCUT2D eigenvalue weighted by Crippen LogP contribution is 2.31. The Morgan fingerprint density at radius 2 is 1.69 bits per heavy atom. The molecule has 2 aromatic carbocycles. The molecule has 4 N–H and O–H groups in total. The zero-order valence-corrected chi connectivity index (χ0v) is 24.3. The Morgan fingerprint density at radius 3 is 2.18 bits per heavy atom. The first-order valence-corrected chi connectivity index (χ1v) is 14.4. The first-order chi connectivity index (χ1) is 21.0. The van der Waals surface area contributed by atoms with E-state index in [1.54, 1.807) is 12.1 Å². The van der Waals surface area contributed by atoms with Crippen molar-refractivity contribution in [2.75, 3.05) is 25.4 Å². The number of nitrogens with two attached hydrogens (primary N) is 1. The lowest BCUT2D eigenvalue weighted by Crippen LogP contribution is -2.59. The molecule has 20 heteroatoms. The number of alkyl halides is 5. The van der Waals surface area contributed by atoms with E-state index in [4.69, 9.17) is 11.5 Å². The van der Waals surface area contributed by atoms with Crippen LogP contribution >= 0.6 is 0 Å². The molecule has 1 atom stereocenters. The number of nitrogens with zero attached hydrogens (tertiary/aromatic N) is 6. The van der Waals surface area contributed by atoms with Crippen LogP contribution in [0.5, 0.6) is 5.75 Å². The predicted octanol–water partition coefficient (Wildman–Crippen LogP) is 2.88. The normalized spacial score (nSPS) is 16.1. The highest BCUT2D eigenvalue weighted by molar-refractivity contribution is 7.89. The summed E-state index contributed by atoms with van der Waals surface area (Å²) in [6.07, 6.45) is -5.14. The topological polar surface area (TPSA) is 198 Å². The second-order valence-electron chi connectivity index (χ2n) is 9.46. The van der Waals surface area contributed by atoms with Gasteiger partial charge in [-0.25, -0.2) is 21.9 Å². The summed E-state index contributed by atoms with van der Waals surface area (Å²) in [5, 5.41) is 19.8. The number of carboxylic acid groups (broad SMARTS) is 1. The average Bonchev–Trinajstić information content (AvgIpc) is 3.40. The van der Waals surface area contributed by atoms with Gasteiger partial charge in [0, 0.05) is 31.6 Å². The largest absolute Gasteiger partial charge is 0.674 e. The van der Waals surface area contributed by atoms with E-state index in [1.807, 2.05) is 0 Å². The Labute approximate surface area is 253 Å². The molecule has 0 unspecified atom stereocenters. The number of hydrogen-bond donors (Lipinski definition) is 2. The van der Waals surface area contributed by atoms with Gasteiger partial charge in [-0.3, -0.25) is 9.59 Å². The molecule has 0 radical (unpaired) electrons. The number of carbonyl (C=O) groups excluding carboxylic acids is 1. The standard InChI is InChI=1S/C15H16F3N7O6S.C10H12F2N/c16-15(17,18)31-9-1-3-10(4-2-9)32(29,30)25-6-5-23(7-11(25)13(27)28)12(26)8-24-14(19)20-21-22-24;1-2-10(11,12)9-5-3-8(7-13)4-6-9/h1-4,11H,5-8H2,(H,27,28)(H2,19,20,22);3-6,13H,2,7H2,1H3/q;-1/t11-;/m1./s1. The summed E-state index contributed by atoms with van der Waals surface area (Å²) in [6, 6.07) is 7.65. The van der Waals surface area contributed by atoms with Crippen LogP contribution in [0.2, 0.25) is 0 Å². The number of aliphatic carboxylic acids is 1. The van der Waals surface area contributed by atoms with Gasteiger partial charge >= 0.3 is 12.3 Å². The van der Waals surface area contributed by atoms with Crippen molar-refractivity contribution >= 4 is 27.8 Å². The molecular weight excluding hydrogens is 635 g/mol. The molecule has 4 rings (SSSR count). The van der Waals surface area contributed by atoms with E-state index in [1.165, 1.54) is 19.1 Å². The van der Waals surface area contributed by atoms with E-state index in [0.29, 0.717) is 4.31 Å². The SMILES string of the molecule is CCC(F)(F)c1ccc(C[NH-])cc1.Nc1nnnn1CC(=O)N1CCN(S(=O)(=O)c2ccc(OC(F)(F)F)cc2)[C@@H](C(=O)O)C1. The zero-order valence-electron chi connectivity index (χ0n) is 23.5. The van der Waals surface area contributed by atoms with Gasteiger partial charge in [-0.1, -0.05) is 41.9 Å². The molecule has 2 heterocycles. The van der Waals surface area contributed by atoms with Crippen LogP contribution in [0.25, 0.3) is 5.73 Å². The van der Waals surface area contributed by atoms with Gasteiger partial charge in [0.15, 0.2) is 0 Å². The first-order valence-electron chi connectivity index (χ1n) is 13.0. The van der Waals surface area contributed by atoms with Crippen LogP contribution < -0.4 is 10.5 Å². The maximum atomic E-state index is 13.1. The molecule has 0 spiro atoms. The number of piperazine rings is 1. The van der Waals surface area contributed by atoms with Crippen LogP contribution in [-0.4, -0.2) is 86.9 Å². The number of ether oxygens (including phenoxy) is 1. The second-order valence-corrected chi connectivity index (χ2v) is 11.3. The van der Waals surface area contributed by atoms with E-state index in [0.717, 1.165) is 39.4 Å². The van der Waals surface area contributed by atoms with E-state index < -0.39 is 57.4 Å². The van der Waals surface area contributed by atoms with Gasteiger partial charge in [-0.2, -0.15) is 4.31 Å². The molecule has 246 valence electrons. The average molecular weight is 664 g/mol. The van der Waals surface area contributed by atoms with Crippen molar-refractivity contribution in [1.82, 2.24) is 29.4 Å². The van der Waals surface area contributed by atoms with E-state index in [9.17, 15) is 45.1 Å². The molecule has 45 heavy (non-hydrogen) atoms. The van der Waals surface area contributed by atoms with Gasteiger partial charge in [0.25, 0.3) is 5.92 Å². The number of nitrogens with one attached hydrogen (secondary N) is 1. The minimum absolute atomic E-state index is 0.0344. The molecule has 14 nitrogen and oxygen atoms in total. The highest BCUT2D eigenvalue weighted by atomic mass is 32.2. The third kappa shape index (κ3) is 9.05. The minimum Gasteiger partial charge on any atom is -0.674 e. The number of carboxylic acids is 1. The van der Waals surface area contributed by atoms with Crippen molar-refractivity contribution in [2.24, 2.45) is 0 Å².